The van der Waals surface area contributed by atoms with Gasteiger partial charge in [-0.1, -0.05) is 6.92 Å². The van der Waals surface area contributed by atoms with Gasteiger partial charge >= 0.3 is 5.97 Å². The van der Waals surface area contributed by atoms with Gasteiger partial charge in [0.05, 0.1) is 46.2 Å². The second-order valence-electron chi connectivity index (χ2n) is 5.54. The summed E-state index contributed by atoms with van der Waals surface area (Å²) in [5, 5.41) is 8.50. The molecule has 134 valence electrons. The first-order valence-electron chi connectivity index (χ1n) is 8.17. The molecule has 0 aromatic heterocycles. The Bertz CT molecular complexity index is 345. The summed E-state index contributed by atoms with van der Waals surface area (Å²) in [6.07, 6.45) is 1.67. The third-order valence-corrected chi connectivity index (χ3v) is 3.88. The molecule has 0 aliphatic heterocycles. The van der Waals surface area contributed by atoms with Gasteiger partial charge < -0.3 is 24.1 Å². The smallest absolute Gasteiger partial charge is 0.306 e. The highest BCUT2D eigenvalue weighted by molar-refractivity contribution is 5.84. The Hall–Kier alpha value is -1.02. The average molecular weight is 332 g/mol. The quantitative estimate of drug-likeness (QED) is 0.389. The first-order chi connectivity index (χ1) is 11.1. The van der Waals surface area contributed by atoms with E-state index in [9.17, 15) is 9.59 Å². The number of hydrogen-bond donors (Lipinski definition) is 1. The van der Waals surface area contributed by atoms with Gasteiger partial charge in [0.1, 0.15) is 12.4 Å². The van der Waals surface area contributed by atoms with Crippen molar-refractivity contribution < 1.29 is 33.6 Å². The van der Waals surface area contributed by atoms with Crippen molar-refractivity contribution >= 4 is 11.8 Å². The molecule has 1 fully saturated rings. The summed E-state index contributed by atoms with van der Waals surface area (Å²) in [6.45, 7) is 4.52. The van der Waals surface area contributed by atoms with E-state index in [-0.39, 0.29) is 36.8 Å². The maximum atomic E-state index is 11.7. The molecule has 0 aromatic carbocycles. The lowest BCUT2D eigenvalue weighted by Gasteiger charge is -2.13. The average Bonchev–Trinajstić information content (AvgIpc) is 2.84. The van der Waals surface area contributed by atoms with Crippen molar-refractivity contribution in [1.82, 2.24) is 0 Å². The van der Waals surface area contributed by atoms with E-state index >= 15 is 0 Å². The number of ketones is 1. The van der Waals surface area contributed by atoms with Gasteiger partial charge in [-0.15, -0.1) is 0 Å². The van der Waals surface area contributed by atoms with Crippen LogP contribution in [0.25, 0.3) is 0 Å². The molecule has 0 saturated heterocycles. The number of Topliss-reactive ketones (excluding diaryl/α,β-unsaturated/α-hetero) is 1. The standard InChI is InChI=1S/C16H28O7/c1-13-14(2-3-15(13)18)12-16(19)23-11-10-22-9-8-21-7-6-20-5-4-17/h13-14,17H,2-12H2,1H3. The Morgan fingerprint density at radius 3 is 2.13 bits per heavy atom. The molecule has 1 aliphatic carbocycles. The lowest BCUT2D eigenvalue weighted by Crippen LogP contribution is -2.18. The Morgan fingerprint density at radius 2 is 1.61 bits per heavy atom. The van der Waals surface area contributed by atoms with Crippen molar-refractivity contribution in [2.45, 2.75) is 26.2 Å². The van der Waals surface area contributed by atoms with Gasteiger partial charge in [0.15, 0.2) is 0 Å². The molecule has 7 nitrogen and oxygen atoms in total. The number of ether oxygens (including phenoxy) is 4. The molecule has 2 unspecified atom stereocenters. The molecule has 1 aliphatic rings. The topological polar surface area (TPSA) is 91.3 Å². The monoisotopic (exact) mass is 332 g/mol. The van der Waals surface area contributed by atoms with E-state index in [0.717, 1.165) is 6.42 Å². The van der Waals surface area contributed by atoms with Crippen molar-refractivity contribution in [3.8, 4) is 0 Å². The highest BCUT2D eigenvalue weighted by atomic mass is 16.6. The van der Waals surface area contributed by atoms with Crippen molar-refractivity contribution in [1.29, 1.82) is 0 Å². The maximum absolute atomic E-state index is 11.7. The Balaban J connectivity index is 1.87. The van der Waals surface area contributed by atoms with Gasteiger partial charge in [-0.3, -0.25) is 9.59 Å². The van der Waals surface area contributed by atoms with Gasteiger partial charge in [-0.2, -0.15) is 0 Å². The number of esters is 1. The van der Waals surface area contributed by atoms with Gasteiger partial charge in [0.2, 0.25) is 0 Å². The van der Waals surface area contributed by atoms with E-state index in [4.69, 9.17) is 24.1 Å². The fourth-order valence-corrected chi connectivity index (χ4v) is 2.44. The molecule has 0 amide bonds. The minimum atomic E-state index is -0.266. The maximum Gasteiger partial charge on any atom is 0.306 e. The highest BCUT2D eigenvalue weighted by Gasteiger charge is 2.32. The van der Waals surface area contributed by atoms with Crippen LogP contribution in [0.1, 0.15) is 26.2 Å². The van der Waals surface area contributed by atoms with Crippen molar-refractivity contribution in [3.05, 3.63) is 0 Å². The number of rotatable bonds is 13. The minimum absolute atomic E-state index is 0.0117. The highest BCUT2D eigenvalue weighted by Crippen LogP contribution is 2.31. The first-order valence-corrected chi connectivity index (χ1v) is 8.17. The van der Waals surface area contributed by atoms with E-state index in [1.165, 1.54) is 0 Å². The van der Waals surface area contributed by atoms with Gasteiger partial charge in [-0.25, -0.2) is 0 Å². The number of carbonyl (C=O) groups is 2. The molecule has 7 heteroatoms. The van der Waals surface area contributed by atoms with Crippen LogP contribution in [0.2, 0.25) is 0 Å². The molecule has 0 radical (unpaired) electrons. The number of carbonyl (C=O) groups excluding carboxylic acids is 2. The van der Waals surface area contributed by atoms with E-state index in [2.05, 4.69) is 0 Å². The molecular formula is C16H28O7. The lowest BCUT2D eigenvalue weighted by atomic mass is 9.94. The third-order valence-electron chi connectivity index (χ3n) is 3.88. The summed E-state index contributed by atoms with van der Waals surface area (Å²) in [7, 11) is 0. The summed E-state index contributed by atoms with van der Waals surface area (Å²) < 4.78 is 20.7. The molecule has 0 aromatic rings. The fraction of sp³-hybridized carbons (Fsp3) is 0.875. The summed E-state index contributed by atoms with van der Waals surface area (Å²) >= 11 is 0. The molecular weight excluding hydrogens is 304 g/mol. The zero-order valence-electron chi connectivity index (χ0n) is 13.8. The summed E-state index contributed by atoms with van der Waals surface area (Å²) in [6, 6.07) is 0. The zero-order valence-corrected chi connectivity index (χ0v) is 13.8. The molecule has 0 spiro atoms. The van der Waals surface area contributed by atoms with Crippen LogP contribution < -0.4 is 0 Å². The number of hydrogen-bond acceptors (Lipinski definition) is 7. The van der Waals surface area contributed by atoms with Crippen LogP contribution in [-0.4, -0.2) is 69.7 Å². The van der Waals surface area contributed by atoms with Crippen LogP contribution in [0, 0.1) is 11.8 Å². The van der Waals surface area contributed by atoms with Crippen LogP contribution in [0.15, 0.2) is 0 Å². The van der Waals surface area contributed by atoms with Crippen LogP contribution >= 0.6 is 0 Å². The normalized spacial score (nSPS) is 20.9. The number of aliphatic hydroxyl groups is 1. The predicted octanol–water partition coefficient (Wildman–Crippen LogP) is 0.577. The van der Waals surface area contributed by atoms with Crippen LogP contribution in [0.3, 0.4) is 0 Å². The molecule has 0 bridgehead atoms. The summed E-state index contributed by atoms with van der Waals surface area (Å²) in [5.41, 5.74) is 0. The molecule has 23 heavy (non-hydrogen) atoms. The Labute approximate surface area is 137 Å². The van der Waals surface area contributed by atoms with Gasteiger partial charge in [0, 0.05) is 18.8 Å². The van der Waals surface area contributed by atoms with E-state index in [0.29, 0.717) is 52.5 Å². The van der Waals surface area contributed by atoms with Crippen molar-refractivity contribution in [2.75, 3.05) is 52.9 Å². The molecule has 1 rings (SSSR count). The molecule has 1 N–H and O–H groups in total. The Morgan fingerprint density at radius 1 is 1.04 bits per heavy atom. The fourth-order valence-electron chi connectivity index (χ4n) is 2.44. The molecule has 0 heterocycles. The van der Waals surface area contributed by atoms with E-state index in [1.54, 1.807) is 0 Å². The first kappa shape index (κ1) is 20.0. The Kier molecular flexibility index (Phi) is 10.8. The zero-order chi connectivity index (χ0) is 16.9. The predicted molar refractivity (Wildman–Crippen MR) is 82.0 cm³/mol. The molecule has 2 atom stereocenters. The van der Waals surface area contributed by atoms with Gasteiger partial charge in [0.25, 0.3) is 0 Å². The second kappa shape index (κ2) is 12.4. The minimum Gasteiger partial charge on any atom is -0.463 e. The van der Waals surface area contributed by atoms with Crippen molar-refractivity contribution in [2.24, 2.45) is 11.8 Å². The largest absolute Gasteiger partial charge is 0.463 e. The van der Waals surface area contributed by atoms with E-state index in [1.807, 2.05) is 6.92 Å². The SMILES string of the molecule is CC1C(=O)CCC1CC(=O)OCCOCCOCCOCCO. The second-order valence-corrected chi connectivity index (χ2v) is 5.54. The third kappa shape index (κ3) is 9.00. The van der Waals surface area contributed by atoms with Crippen LogP contribution in [0.5, 0.6) is 0 Å². The van der Waals surface area contributed by atoms with Gasteiger partial charge in [-0.05, 0) is 12.3 Å². The summed E-state index contributed by atoms with van der Waals surface area (Å²) in [4.78, 5) is 23.1. The lowest BCUT2D eigenvalue weighted by molar-refractivity contribution is -0.146. The van der Waals surface area contributed by atoms with Crippen LogP contribution in [0.4, 0.5) is 0 Å². The van der Waals surface area contributed by atoms with Crippen molar-refractivity contribution in [3.63, 3.8) is 0 Å². The molecule has 1 saturated carbocycles. The summed E-state index contributed by atoms with van der Waals surface area (Å²) in [5.74, 6) is 0.0694. The van der Waals surface area contributed by atoms with E-state index < -0.39 is 0 Å². The number of aliphatic hydroxyl groups excluding tert-OH is 1. The van der Waals surface area contributed by atoms with Crippen LogP contribution in [-0.2, 0) is 28.5 Å².